The maximum Gasteiger partial charge on any atom is 0.163 e. The van der Waals surface area contributed by atoms with Crippen molar-refractivity contribution in [1.29, 1.82) is 5.26 Å². The predicted molar refractivity (Wildman–Crippen MR) is 65.5 cm³/mol. The Morgan fingerprint density at radius 2 is 2.06 bits per heavy atom. The third-order valence-corrected chi connectivity index (χ3v) is 3.94. The molecule has 2 saturated heterocycles. The maximum atomic E-state index is 9.13. The molecule has 0 saturated carbocycles. The summed E-state index contributed by atoms with van der Waals surface area (Å²) in [5.41, 5.74) is 7.60. The summed E-state index contributed by atoms with van der Waals surface area (Å²) in [6, 6.07) is 7.43. The Kier molecular flexibility index (Phi) is 2.49. The lowest BCUT2D eigenvalue weighted by Gasteiger charge is -2.39. The van der Waals surface area contributed by atoms with Crippen molar-refractivity contribution < 1.29 is 0 Å². The molecule has 1 aromatic heterocycles. The molecule has 1 aromatic rings. The Labute approximate surface area is 101 Å². The molecular weight excluding hydrogens is 212 g/mol. The lowest BCUT2D eigenvalue weighted by Crippen LogP contribution is -2.47. The molecule has 0 amide bonds. The van der Waals surface area contributed by atoms with Crippen molar-refractivity contribution in [2.45, 2.75) is 43.8 Å². The number of fused-ring (bicyclic) bond motifs is 2. The Hall–Kier alpha value is -1.60. The highest BCUT2D eigenvalue weighted by molar-refractivity contribution is 5.58. The number of hydrogen-bond donors (Lipinski definition) is 1. The SMILES string of the molecule is N#Cc1ncccc1N1C2CCC1CC(N)C2. The average Bonchev–Trinajstić information content (AvgIpc) is 2.61. The minimum absolute atomic E-state index is 0.325. The van der Waals surface area contributed by atoms with Crippen molar-refractivity contribution in [3.8, 4) is 6.07 Å². The van der Waals surface area contributed by atoms with Crippen LogP contribution in [-0.2, 0) is 0 Å². The van der Waals surface area contributed by atoms with Crippen LogP contribution in [0.25, 0.3) is 0 Å². The molecule has 0 aromatic carbocycles. The molecule has 2 aliphatic heterocycles. The van der Waals surface area contributed by atoms with Crippen molar-refractivity contribution >= 4 is 5.69 Å². The summed E-state index contributed by atoms with van der Waals surface area (Å²) in [7, 11) is 0. The van der Waals surface area contributed by atoms with Crippen LogP contribution >= 0.6 is 0 Å². The second kappa shape index (κ2) is 4.01. The van der Waals surface area contributed by atoms with Gasteiger partial charge in [-0.1, -0.05) is 0 Å². The molecule has 2 N–H and O–H groups in total. The lowest BCUT2D eigenvalue weighted by atomic mass is 9.97. The van der Waals surface area contributed by atoms with Gasteiger partial charge in [0.15, 0.2) is 5.69 Å². The number of piperidine rings is 1. The molecule has 4 nitrogen and oxygen atoms in total. The number of anilines is 1. The molecule has 0 radical (unpaired) electrons. The number of aromatic nitrogens is 1. The third kappa shape index (κ3) is 1.67. The highest BCUT2D eigenvalue weighted by Gasteiger charge is 2.40. The van der Waals surface area contributed by atoms with E-state index in [-0.39, 0.29) is 0 Å². The highest BCUT2D eigenvalue weighted by atomic mass is 15.2. The smallest absolute Gasteiger partial charge is 0.163 e. The summed E-state index contributed by atoms with van der Waals surface area (Å²) in [6.07, 6.45) is 6.14. The molecule has 2 fully saturated rings. The van der Waals surface area contributed by atoms with E-state index in [9.17, 15) is 0 Å². The van der Waals surface area contributed by atoms with Gasteiger partial charge in [0.1, 0.15) is 6.07 Å². The first-order chi connectivity index (χ1) is 8.29. The largest absolute Gasteiger partial charge is 0.363 e. The van der Waals surface area contributed by atoms with Crippen LogP contribution in [0, 0.1) is 11.3 Å². The average molecular weight is 228 g/mol. The van der Waals surface area contributed by atoms with E-state index < -0.39 is 0 Å². The zero-order valence-corrected chi connectivity index (χ0v) is 9.71. The summed E-state index contributed by atoms with van der Waals surface area (Å²) in [4.78, 5) is 6.54. The van der Waals surface area contributed by atoms with Crippen LogP contribution in [0.3, 0.4) is 0 Å². The van der Waals surface area contributed by atoms with E-state index >= 15 is 0 Å². The van der Waals surface area contributed by atoms with Crippen LogP contribution in [0.2, 0.25) is 0 Å². The number of pyridine rings is 1. The molecule has 0 spiro atoms. The molecule has 4 heteroatoms. The predicted octanol–water partition coefficient (Wildman–Crippen LogP) is 1.41. The van der Waals surface area contributed by atoms with E-state index in [4.69, 9.17) is 11.0 Å². The van der Waals surface area contributed by atoms with Crippen molar-refractivity contribution in [1.82, 2.24) is 4.98 Å². The highest BCUT2D eigenvalue weighted by Crippen LogP contribution is 2.39. The second-order valence-electron chi connectivity index (χ2n) is 5.01. The van der Waals surface area contributed by atoms with Gasteiger partial charge < -0.3 is 10.6 Å². The Morgan fingerprint density at radius 3 is 2.71 bits per heavy atom. The fourth-order valence-electron chi connectivity index (χ4n) is 3.30. The van der Waals surface area contributed by atoms with Gasteiger partial charge in [-0.3, -0.25) is 0 Å². The second-order valence-corrected chi connectivity index (χ2v) is 5.01. The van der Waals surface area contributed by atoms with Gasteiger partial charge in [-0.05, 0) is 37.8 Å². The van der Waals surface area contributed by atoms with E-state index in [1.807, 2.05) is 12.1 Å². The first-order valence-electron chi connectivity index (χ1n) is 6.18. The van der Waals surface area contributed by atoms with Gasteiger partial charge >= 0.3 is 0 Å². The maximum absolute atomic E-state index is 9.13. The number of nitrogens with zero attached hydrogens (tertiary/aromatic N) is 3. The van der Waals surface area contributed by atoms with Crippen LogP contribution in [-0.4, -0.2) is 23.1 Å². The van der Waals surface area contributed by atoms with Gasteiger partial charge in [-0.25, -0.2) is 4.98 Å². The number of hydrogen-bond acceptors (Lipinski definition) is 4. The molecule has 2 bridgehead atoms. The topological polar surface area (TPSA) is 65.9 Å². The molecule has 3 heterocycles. The molecular formula is C13H16N4. The quantitative estimate of drug-likeness (QED) is 0.789. The summed E-state index contributed by atoms with van der Waals surface area (Å²) in [5, 5.41) is 9.13. The van der Waals surface area contributed by atoms with E-state index in [2.05, 4.69) is 16.0 Å². The summed E-state index contributed by atoms with van der Waals surface area (Å²) >= 11 is 0. The van der Waals surface area contributed by atoms with Crippen LogP contribution < -0.4 is 10.6 Å². The fraction of sp³-hybridized carbons (Fsp3) is 0.538. The lowest BCUT2D eigenvalue weighted by molar-refractivity contribution is 0.414. The Morgan fingerprint density at radius 1 is 1.35 bits per heavy atom. The fourth-order valence-corrected chi connectivity index (χ4v) is 3.30. The van der Waals surface area contributed by atoms with Crippen molar-refractivity contribution in [2.75, 3.05) is 4.90 Å². The normalized spacial score (nSPS) is 31.3. The number of nitrogens with two attached hydrogens (primary N) is 1. The van der Waals surface area contributed by atoms with Gasteiger partial charge in [0.25, 0.3) is 0 Å². The molecule has 2 aliphatic rings. The van der Waals surface area contributed by atoms with Crippen molar-refractivity contribution in [3.05, 3.63) is 24.0 Å². The standard InChI is InChI=1S/C13H16N4/c14-8-12-13(2-1-5-16-12)17-10-3-4-11(17)7-9(15)6-10/h1-2,5,9-11H,3-4,6-7,15H2. The van der Waals surface area contributed by atoms with Crippen LogP contribution in [0.1, 0.15) is 31.4 Å². The minimum atomic E-state index is 0.325. The third-order valence-electron chi connectivity index (χ3n) is 3.94. The van der Waals surface area contributed by atoms with E-state index in [0.717, 1.165) is 18.5 Å². The van der Waals surface area contributed by atoms with E-state index in [1.165, 1.54) is 12.8 Å². The van der Waals surface area contributed by atoms with Crippen LogP contribution in [0.15, 0.2) is 18.3 Å². The zero-order chi connectivity index (χ0) is 11.8. The van der Waals surface area contributed by atoms with Gasteiger partial charge in [-0.2, -0.15) is 5.26 Å². The molecule has 2 atom stereocenters. The first-order valence-corrected chi connectivity index (χ1v) is 6.18. The van der Waals surface area contributed by atoms with E-state index in [1.54, 1.807) is 6.20 Å². The number of nitriles is 1. The van der Waals surface area contributed by atoms with Gasteiger partial charge in [0.05, 0.1) is 5.69 Å². The van der Waals surface area contributed by atoms with Crippen LogP contribution in [0.4, 0.5) is 5.69 Å². The zero-order valence-electron chi connectivity index (χ0n) is 9.71. The van der Waals surface area contributed by atoms with Gasteiger partial charge in [-0.15, -0.1) is 0 Å². The molecule has 3 rings (SSSR count). The Bertz CT molecular complexity index is 451. The summed E-state index contributed by atoms with van der Waals surface area (Å²) in [5.74, 6) is 0. The molecule has 0 aliphatic carbocycles. The molecule has 17 heavy (non-hydrogen) atoms. The van der Waals surface area contributed by atoms with Crippen molar-refractivity contribution in [3.63, 3.8) is 0 Å². The number of rotatable bonds is 1. The van der Waals surface area contributed by atoms with Crippen molar-refractivity contribution in [2.24, 2.45) is 5.73 Å². The van der Waals surface area contributed by atoms with E-state index in [0.29, 0.717) is 23.8 Å². The monoisotopic (exact) mass is 228 g/mol. The van der Waals surface area contributed by atoms with Gasteiger partial charge in [0, 0.05) is 24.3 Å². The first kappa shape index (κ1) is 10.5. The molecule has 2 unspecified atom stereocenters. The van der Waals surface area contributed by atoms with Crippen LogP contribution in [0.5, 0.6) is 0 Å². The van der Waals surface area contributed by atoms with Gasteiger partial charge in [0.2, 0.25) is 0 Å². The summed E-state index contributed by atoms with van der Waals surface area (Å²) in [6.45, 7) is 0. The molecule has 88 valence electrons. The summed E-state index contributed by atoms with van der Waals surface area (Å²) < 4.78 is 0. The minimum Gasteiger partial charge on any atom is -0.363 e. The Balaban J connectivity index is 1.98.